The first-order valence-electron chi connectivity index (χ1n) is 6.09. The molecule has 1 amide bonds. The second-order valence-electron chi connectivity index (χ2n) is 4.51. The molecule has 2 rings (SSSR count). The summed E-state index contributed by atoms with van der Waals surface area (Å²) in [7, 11) is 0. The summed E-state index contributed by atoms with van der Waals surface area (Å²) < 4.78 is 0. The molecule has 0 saturated heterocycles. The van der Waals surface area contributed by atoms with Crippen molar-refractivity contribution in [3.63, 3.8) is 0 Å². The number of nitrogens with one attached hydrogen (secondary N) is 1. The van der Waals surface area contributed by atoms with Gasteiger partial charge in [0.1, 0.15) is 0 Å². The summed E-state index contributed by atoms with van der Waals surface area (Å²) in [5.74, 6) is -0.985. The highest BCUT2D eigenvalue weighted by Gasteiger charge is 2.19. The molecule has 100 valence electrons. The van der Waals surface area contributed by atoms with E-state index in [0.717, 1.165) is 0 Å². The van der Waals surface area contributed by atoms with E-state index in [-0.39, 0.29) is 5.43 Å². The van der Waals surface area contributed by atoms with Crippen LogP contribution in [0, 0.1) is 0 Å². The maximum atomic E-state index is 12.4. The number of fused-ring (bicyclic) bond motifs is 1. The molecule has 0 fully saturated rings. The molecule has 0 saturated carbocycles. The highest BCUT2D eigenvalue weighted by atomic mass is 35.5. The Hall–Kier alpha value is -1.81. The number of carbonyl (C=O) groups is 1. The average Bonchev–Trinajstić information content (AvgIpc) is 2.38. The third kappa shape index (κ3) is 2.36. The first-order chi connectivity index (χ1) is 8.95. The van der Waals surface area contributed by atoms with Crippen molar-refractivity contribution in [3.05, 3.63) is 44.7 Å². The maximum absolute atomic E-state index is 12.4. The second-order valence-corrected chi connectivity index (χ2v) is 4.95. The van der Waals surface area contributed by atoms with Crippen LogP contribution in [0.3, 0.4) is 0 Å². The van der Waals surface area contributed by atoms with Crippen LogP contribution in [0.5, 0.6) is 0 Å². The quantitative estimate of drug-likeness (QED) is 0.904. The van der Waals surface area contributed by atoms with Gasteiger partial charge in [0.05, 0.1) is 5.92 Å². The van der Waals surface area contributed by atoms with Gasteiger partial charge >= 0.3 is 0 Å². The third-order valence-corrected chi connectivity index (χ3v) is 3.54. The Morgan fingerprint density at radius 2 is 2.16 bits per heavy atom. The summed E-state index contributed by atoms with van der Waals surface area (Å²) in [6.45, 7) is 3.56. The molecule has 0 radical (unpaired) electrons. The van der Waals surface area contributed by atoms with Gasteiger partial charge in [-0.05, 0) is 31.5 Å². The maximum Gasteiger partial charge on any atom is 0.226 e. The van der Waals surface area contributed by atoms with Gasteiger partial charge in [-0.15, -0.1) is 0 Å². The van der Waals surface area contributed by atoms with E-state index >= 15 is 0 Å². The van der Waals surface area contributed by atoms with Crippen molar-refractivity contribution in [3.8, 4) is 0 Å². The number of aromatic amines is 1. The lowest BCUT2D eigenvalue weighted by atomic mass is 9.97. The topological polar surface area (TPSA) is 76.0 Å². The molecule has 1 heterocycles. The molecule has 2 aromatic rings. The lowest BCUT2D eigenvalue weighted by Crippen LogP contribution is -2.24. The van der Waals surface area contributed by atoms with Crippen molar-refractivity contribution in [2.75, 3.05) is 0 Å². The fourth-order valence-corrected chi connectivity index (χ4v) is 2.35. The van der Waals surface area contributed by atoms with Gasteiger partial charge in [-0.2, -0.15) is 0 Å². The van der Waals surface area contributed by atoms with Gasteiger partial charge in [0, 0.05) is 27.2 Å². The summed E-state index contributed by atoms with van der Waals surface area (Å²) in [5, 5.41) is 1.04. The third-order valence-electron chi connectivity index (χ3n) is 3.31. The Kier molecular flexibility index (Phi) is 3.62. The molecule has 0 aliphatic heterocycles. The van der Waals surface area contributed by atoms with Crippen LogP contribution in [0.2, 0.25) is 5.02 Å². The highest BCUT2D eigenvalue weighted by Crippen LogP contribution is 2.21. The van der Waals surface area contributed by atoms with Crippen LogP contribution in [-0.4, -0.2) is 10.9 Å². The van der Waals surface area contributed by atoms with E-state index < -0.39 is 11.8 Å². The Morgan fingerprint density at radius 3 is 2.74 bits per heavy atom. The fourth-order valence-electron chi connectivity index (χ4n) is 2.18. The van der Waals surface area contributed by atoms with Crippen molar-refractivity contribution in [1.29, 1.82) is 0 Å². The SMILES string of the molecule is CCc1c(C(C)C(N)=O)[nH]c2ccc(Cl)cc2c1=O. The van der Waals surface area contributed by atoms with Crippen molar-refractivity contribution in [1.82, 2.24) is 4.98 Å². The Morgan fingerprint density at radius 1 is 1.47 bits per heavy atom. The number of benzene rings is 1. The Bertz CT molecular complexity index is 706. The second kappa shape index (κ2) is 5.05. The van der Waals surface area contributed by atoms with Crippen LogP contribution in [0.1, 0.15) is 31.0 Å². The largest absolute Gasteiger partial charge is 0.369 e. The number of aromatic nitrogens is 1. The minimum atomic E-state index is -0.525. The van der Waals surface area contributed by atoms with Gasteiger partial charge in [0.25, 0.3) is 0 Å². The molecule has 0 aliphatic carbocycles. The zero-order valence-electron chi connectivity index (χ0n) is 10.8. The molecule has 0 aliphatic rings. The summed E-state index contributed by atoms with van der Waals surface area (Å²) in [6, 6.07) is 5.06. The molecule has 0 spiro atoms. The molecule has 19 heavy (non-hydrogen) atoms. The van der Waals surface area contributed by atoms with Gasteiger partial charge in [-0.1, -0.05) is 18.5 Å². The minimum Gasteiger partial charge on any atom is -0.369 e. The van der Waals surface area contributed by atoms with E-state index in [9.17, 15) is 9.59 Å². The highest BCUT2D eigenvalue weighted by molar-refractivity contribution is 6.31. The fraction of sp³-hybridized carbons (Fsp3) is 0.286. The number of amides is 1. The first kappa shape index (κ1) is 13.6. The van der Waals surface area contributed by atoms with E-state index in [1.807, 2.05) is 6.92 Å². The molecular formula is C14H15ClN2O2. The Balaban J connectivity index is 2.83. The van der Waals surface area contributed by atoms with Crippen LogP contribution in [0.15, 0.2) is 23.0 Å². The molecule has 3 N–H and O–H groups in total. The van der Waals surface area contributed by atoms with E-state index in [1.54, 1.807) is 25.1 Å². The molecule has 5 heteroatoms. The lowest BCUT2D eigenvalue weighted by molar-refractivity contribution is -0.119. The minimum absolute atomic E-state index is 0.0955. The lowest BCUT2D eigenvalue weighted by Gasteiger charge is -2.14. The normalized spacial score (nSPS) is 12.6. The zero-order valence-corrected chi connectivity index (χ0v) is 11.5. The molecule has 1 atom stereocenters. The Labute approximate surface area is 115 Å². The number of pyridine rings is 1. The predicted molar refractivity (Wildman–Crippen MR) is 76.6 cm³/mol. The summed E-state index contributed by atoms with van der Waals surface area (Å²) >= 11 is 5.91. The van der Waals surface area contributed by atoms with E-state index in [1.165, 1.54) is 0 Å². The van der Waals surface area contributed by atoms with Gasteiger partial charge < -0.3 is 10.7 Å². The summed E-state index contributed by atoms with van der Waals surface area (Å²) in [6.07, 6.45) is 0.532. The van der Waals surface area contributed by atoms with E-state index in [0.29, 0.717) is 33.6 Å². The average molecular weight is 279 g/mol. The standard InChI is InChI=1S/C14H15ClN2O2/c1-3-9-12(7(2)14(16)19)17-11-5-4-8(15)6-10(11)13(9)18/h4-7H,3H2,1-2H3,(H2,16,19)(H,17,18). The van der Waals surface area contributed by atoms with Crippen molar-refractivity contribution < 1.29 is 4.79 Å². The molecule has 1 aromatic carbocycles. The van der Waals surface area contributed by atoms with Gasteiger partial charge in [-0.25, -0.2) is 0 Å². The number of primary amides is 1. The van der Waals surface area contributed by atoms with Crippen LogP contribution in [0.4, 0.5) is 0 Å². The smallest absolute Gasteiger partial charge is 0.226 e. The van der Waals surface area contributed by atoms with Crippen LogP contribution in [-0.2, 0) is 11.2 Å². The number of H-pyrrole nitrogens is 1. The van der Waals surface area contributed by atoms with Crippen molar-refractivity contribution >= 4 is 28.4 Å². The summed E-state index contributed by atoms with van der Waals surface area (Å²) in [5.41, 5.74) is 7.07. The van der Waals surface area contributed by atoms with Gasteiger partial charge in [0.15, 0.2) is 5.43 Å². The van der Waals surface area contributed by atoms with Crippen LogP contribution < -0.4 is 11.2 Å². The molecule has 1 unspecified atom stereocenters. The van der Waals surface area contributed by atoms with Crippen molar-refractivity contribution in [2.24, 2.45) is 5.73 Å². The molecule has 1 aromatic heterocycles. The number of nitrogens with two attached hydrogens (primary N) is 1. The molecule has 4 nitrogen and oxygen atoms in total. The molecule has 0 bridgehead atoms. The number of carbonyl (C=O) groups excluding carboxylic acids is 1. The number of rotatable bonds is 3. The number of hydrogen-bond donors (Lipinski definition) is 2. The van der Waals surface area contributed by atoms with Crippen molar-refractivity contribution in [2.45, 2.75) is 26.2 Å². The predicted octanol–water partition coefficient (Wildman–Crippen LogP) is 2.33. The molecular weight excluding hydrogens is 264 g/mol. The van der Waals surface area contributed by atoms with Crippen LogP contribution >= 0.6 is 11.6 Å². The monoisotopic (exact) mass is 278 g/mol. The van der Waals surface area contributed by atoms with Crippen LogP contribution in [0.25, 0.3) is 10.9 Å². The first-order valence-corrected chi connectivity index (χ1v) is 6.47. The van der Waals surface area contributed by atoms with Gasteiger partial charge in [-0.3, -0.25) is 9.59 Å². The number of hydrogen-bond acceptors (Lipinski definition) is 2. The number of halogens is 1. The van der Waals surface area contributed by atoms with E-state index in [4.69, 9.17) is 17.3 Å². The summed E-state index contributed by atoms with van der Waals surface area (Å²) in [4.78, 5) is 26.9. The van der Waals surface area contributed by atoms with Gasteiger partial charge in [0.2, 0.25) is 5.91 Å². The zero-order chi connectivity index (χ0) is 14.2. The van der Waals surface area contributed by atoms with E-state index in [2.05, 4.69) is 4.98 Å².